The van der Waals surface area contributed by atoms with E-state index in [1.807, 2.05) is 4.90 Å². The molecule has 0 spiro atoms. The summed E-state index contributed by atoms with van der Waals surface area (Å²) in [7, 11) is 0. The number of carbonyl (C=O) groups is 2. The van der Waals surface area contributed by atoms with Gasteiger partial charge in [-0.3, -0.25) is 14.5 Å². The summed E-state index contributed by atoms with van der Waals surface area (Å²) in [5, 5.41) is 0. The van der Waals surface area contributed by atoms with Gasteiger partial charge in [0, 0.05) is 6.54 Å². The van der Waals surface area contributed by atoms with E-state index in [1.165, 1.54) is 6.42 Å². The third-order valence-corrected chi connectivity index (χ3v) is 5.50. The zero-order valence-electron chi connectivity index (χ0n) is 14.8. The number of hydrogen-bond acceptors (Lipinski definition) is 4. The Balaban J connectivity index is 1.86. The van der Waals surface area contributed by atoms with Crippen molar-refractivity contribution in [3.05, 3.63) is 0 Å². The number of amides is 1. The second kappa shape index (κ2) is 8.13. The molecule has 2 rings (SSSR count). The molecule has 1 heterocycles. The van der Waals surface area contributed by atoms with Crippen LogP contribution in [0.3, 0.4) is 0 Å². The molecule has 1 saturated heterocycles. The maximum Gasteiger partial charge on any atom is 0.320 e. The Morgan fingerprint density at radius 2 is 2.00 bits per heavy atom. The van der Waals surface area contributed by atoms with Gasteiger partial charge in [0.1, 0.15) is 6.10 Å². The van der Waals surface area contributed by atoms with Crippen LogP contribution >= 0.6 is 0 Å². The summed E-state index contributed by atoms with van der Waals surface area (Å²) in [5.74, 6) is 1.08. The summed E-state index contributed by atoms with van der Waals surface area (Å²) in [4.78, 5) is 25.7. The van der Waals surface area contributed by atoms with Crippen LogP contribution in [-0.4, -0.2) is 42.5 Å². The third kappa shape index (κ3) is 5.20. The van der Waals surface area contributed by atoms with Crippen LogP contribution < -0.4 is 5.73 Å². The van der Waals surface area contributed by atoms with Crippen LogP contribution in [0.4, 0.5) is 0 Å². The van der Waals surface area contributed by atoms with Gasteiger partial charge in [-0.05, 0) is 50.0 Å². The van der Waals surface area contributed by atoms with Gasteiger partial charge in [0.05, 0.1) is 12.5 Å². The summed E-state index contributed by atoms with van der Waals surface area (Å²) in [5.41, 5.74) is 5.39. The highest BCUT2D eigenvalue weighted by Crippen LogP contribution is 2.35. The number of primary amides is 1. The molecule has 2 aliphatic rings. The van der Waals surface area contributed by atoms with Crippen LogP contribution in [-0.2, 0) is 14.3 Å². The fourth-order valence-corrected chi connectivity index (χ4v) is 4.07. The molecule has 0 bridgehead atoms. The lowest BCUT2D eigenvalue weighted by molar-refractivity contribution is -0.158. The third-order valence-electron chi connectivity index (χ3n) is 5.50. The van der Waals surface area contributed by atoms with Crippen LogP contribution in [0.1, 0.15) is 52.9 Å². The number of esters is 1. The molecule has 1 saturated carbocycles. The molecule has 1 amide bonds. The zero-order valence-corrected chi connectivity index (χ0v) is 14.8. The summed E-state index contributed by atoms with van der Waals surface area (Å²) >= 11 is 0. The second-order valence-electron chi connectivity index (χ2n) is 7.83. The fraction of sp³-hybridized carbons (Fsp3) is 0.889. The molecule has 0 radical (unpaired) electrons. The molecular weight excluding hydrogens is 292 g/mol. The molecule has 2 N–H and O–H groups in total. The predicted molar refractivity (Wildman–Crippen MR) is 89.6 cm³/mol. The van der Waals surface area contributed by atoms with E-state index >= 15 is 0 Å². The molecule has 2 fully saturated rings. The Morgan fingerprint density at radius 3 is 2.65 bits per heavy atom. The van der Waals surface area contributed by atoms with Crippen molar-refractivity contribution in [3.63, 3.8) is 0 Å². The average Bonchev–Trinajstić information content (AvgIpc) is 2.47. The normalized spacial score (nSPS) is 32.7. The Morgan fingerprint density at radius 1 is 1.26 bits per heavy atom. The van der Waals surface area contributed by atoms with Gasteiger partial charge in [-0.15, -0.1) is 0 Å². The molecule has 5 heteroatoms. The average molecular weight is 324 g/mol. The second-order valence-corrected chi connectivity index (χ2v) is 7.83. The molecule has 5 nitrogen and oxygen atoms in total. The zero-order chi connectivity index (χ0) is 17.0. The molecule has 23 heavy (non-hydrogen) atoms. The van der Waals surface area contributed by atoms with Gasteiger partial charge in [-0.25, -0.2) is 0 Å². The molecule has 0 unspecified atom stereocenters. The van der Waals surface area contributed by atoms with Crippen molar-refractivity contribution in [1.82, 2.24) is 4.90 Å². The monoisotopic (exact) mass is 324 g/mol. The van der Waals surface area contributed by atoms with Gasteiger partial charge < -0.3 is 10.5 Å². The highest BCUT2D eigenvalue weighted by atomic mass is 16.5. The van der Waals surface area contributed by atoms with Crippen molar-refractivity contribution in [1.29, 1.82) is 0 Å². The SMILES string of the molecule is CC(C)[C@H]1CC[C@@H](C)C[C@H]1OC(=O)CN1CCC[C@H](C(N)=O)C1. The van der Waals surface area contributed by atoms with Crippen molar-refractivity contribution in [3.8, 4) is 0 Å². The Bertz CT molecular complexity index is 424. The summed E-state index contributed by atoms with van der Waals surface area (Å²) < 4.78 is 5.84. The van der Waals surface area contributed by atoms with Gasteiger partial charge in [-0.1, -0.05) is 27.2 Å². The number of ether oxygens (including phenoxy) is 1. The van der Waals surface area contributed by atoms with Crippen molar-refractivity contribution >= 4 is 11.9 Å². The number of rotatable bonds is 5. The number of carbonyl (C=O) groups excluding carboxylic acids is 2. The molecular formula is C18H32N2O3. The van der Waals surface area contributed by atoms with Crippen LogP contribution in [0, 0.1) is 23.7 Å². The first-order valence-corrected chi connectivity index (χ1v) is 9.08. The van der Waals surface area contributed by atoms with Crippen LogP contribution in [0.25, 0.3) is 0 Å². The number of hydrogen-bond donors (Lipinski definition) is 1. The van der Waals surface area contributed by atoms with Gasteiger partial charge >= 0.3 is 5.97 Å². The number of nitrogens with zero attached hydrogens (tertiary/aromatic N) is 1. The van der Waals surface area contributed by atoms with Gasteiger partial charge in [-0.2, -0.15) is 0 Å². The molecule has 0 aromatic heterocycles. The lowest BCUT2D eigenvalue weighted by Gasteiger charge is -2.37. The van der Waals surface area contributed by atoms with E-state index in [-0.39, 0.29) is 30.4 Å². The minimum atomic E-state index is -0.260. The van der Waals surface area contributed by atoms with E-state index in [2.05, 4.69) is 20.8 Å². The van der Waals surface area contributed by atoms with Crippen molar-refractivity contribution in [2.75, 3.05) is 19.6 Å². The summed E-state index contributed by atoms with van der Waals surface area (Å²) in [6, 6.07) is 0. The number of piperidine rings is 1. The smallest absolute Gasteiger partial charge is 0.320 e. The lowest BCUT2D eigenvalue weighted by atomic mass is 9.75. The van der Waals surface area contributed by atoms with E-state index < -0.39 is 0 Å². The van der Waals surface area contributed by atoms with Crippen molar-refractivity contribution in [2.24, 2.45) is 29.4 Å². The largest absolute Gasteiger partial charge is 0.461 e. The van der Waals surface area contributed by atoms with Crippen LogP contribution in [0.15, 0.2) is 0 Å². The number of likely N-dealkylation sites (tertiary alicyclic amines) is 1. The first-order valence-electron chi connectivity index (χ1n) is 9.08. The van der Waals surface area contributed by atoms with E-state index in [0.717, 1.165) is 32.2 Å². The van der Waals surface area contributed by atoms with Gasteiger partial charge in [0.2, 0.25) is 5.91 Å². The minimum Gasteiger partial charge on any atom is -0.461 e. The molecule has 4 atom stereocenters. The van der Waals surface area contributed by atoms with Gasteiger partial charge in [0.15, 0.2) is 0 Å². The van der Waals surface area contributed by atoms with E-state index in [4.69, 9.17) is 10.5 Å². The standard InChI is InChI=1S/C18H32N2O3/c1-12(2)15-7-6-13(3)9-16(15)23-17(21)11-20-8-4-5-14(10-20)18(19)22/h12-16H,4-11H2,1-3H3,(H2,19,22)/t13-,14+,15-,16-/m1/s1. The topological polar surface area (TPSA) is 72.6 Å². The van der Waals surface area contributed by atoms with Crippen LogP contribution in [0.5, 0.6) is 0 Å². The Kier molecular flexibility index (Phi) is 6.45. The highest BCUT2D eigenvalue weighted by molar-refractivity contribution is 5.77. The number of nitrogens with two attached hydrogens (primary N) is 1. The molecule has 0 aromatic rings. The summed E-state index contributed by atoms with van der Waals surface area (Å²) in [6.07, 6.45) is 5.13. The van der Waals surface area contributed by atoms with Crippen LogP contribution in [0.2, 0.25) is 0 Å². The van der Waals surface area contributed by atoms with Crippen molar-refractivity contribution in [2.45, 2.75) is 59.0 Å². The van der Waals surface area contributed by atoms with E-state index in [9.17, 15) is 9.59 Å². The first-order chi connectivity index (χ1) is 10.9. The molecule has 0 aromatic carbocycles. The molecule has 1 aliphatic heterocycles. The highest BCUT2D eigenvalue weighted by Gasteiger charge is 2.34. The Labute approximate surface area is 139 Å². The lowest BCUT2D eigenvalue weighted by Crippen LogP contribution is -2.45. The van der Waals surface area contributed by atoms with Gasteiger partial charge in [0.25, 0.3) is 0 Å². The summed E-state index contributed by atoms with van der Waals surface area (Å²) in [6.45, 7) is 8.36. The van der Waals surface area contributed by atoms with Crippen molar-refractivity contribution < 1.29 is 14.3 Å². The van der Waals surface area contributed by atoms with E-state index in [0.29, 0.717) is 24.3 Å². The molecule has 1 aliphatic carbocycles. The van der Waals surface area contributed by atoms with E-state index in [1.54, 1.807) is 0 Å². The molecule has 132 valence electrons. The maximum atomic E-state index is 12.4. The first kappa shape index (κ1) is 18.2. The maximum absolute atomic E-state index is 12.4. The fourth-order valence-electron chi connectivity index (χ4n) is 4.07. The predicted octanol–water partition coefficient (Wildman–Crippen LogP) is 2.19. The minimum absolute atomic E-state index is 0.0444. The quantitative estimate of drug-likeness (QED) is 0.787. The Hall–Kier alpha value is -1.10.